The first-order valence-corrected chi connectivity index (χ1v) is 9.99. The van der Waals surface area contributed by atoms with E-state index >= 15 is 0 Å². The standard InChI is InChI=1S/C22H24N6O2/c1-13-5-3-6-16(9-10-24-30)28(23)22-14(2)25-18-8-4-7-17(21(18)27-22)19-11-15(12-29)20(13)26-19/h3-4,6-8,11-13,16,26H,5,9-10,23H2,1-2H3/b6-3+/t13-,16-/m1/s1. The van der Waals surface area contributed by atoms with Crippen LogP contribution in [0.1, 0.15) is 47.4 Å². The van der Waals surface area contributed by atoms with Gasteiger partial charge in [0.25, 0.3) is 0 Å². The van der Waals surface area contributed by atoms with Crippen molar-refractivity contribution in [1.29, 1.82) is 0 Å². The number of nitrogens with zero attached hydrogens (tertiary/aromatic N) is 4. The van der Waals surface area contributed by atoms with Gasteiger partial charge < -0.3 is 4.98 Å². The summed E-state index contributed by atoms with van der Waals surface area (Å²) in [6, 6.07) is 7.40. The van der Waals surface area contributed by atoms with Gasteiger partial charge in [0, 0.05) is 28.4 Å². The zero-order valence-corrected chi connectivity index (χ0v) is 17.0. The molecule has 8 heteroatoms. The molecular formula is C22H24N6O2. The van der Waals surface area contributed by atoms with Crippen LogP contribution >= 0.6 is 0 Å². The molecule has 1 aromatic carbocycles. The second-order valence-electron chi connectivity index (χ2n) is 7.66. The average molecular weight is 404 g/mol. The van der Waals surface area contributed by atoms with E-state index in [1.807, 2.05) is 43.3 Å². The van der Waals surface area contributed by atoms with E-state index in [1.54, 1.807) is 5.01 Å². The molecule has 3 N–H and O–H groups in total. The van der Waals surface area contributed by atoms with Crippen LogP contribution in [-0.2, 0) is 0 Å². The Hall–Kier alpha value is -3.39. The van der Waals surface area contributed by atoms with Crippen molar-refractivity contribution in [2.75, 3.05) is 11.6 Å². The lowest BCUT2D eigenvalue weighted by molar-refractivity contribution is 0.112. The third kappa shape index (κ3) is 3.50. The number of carbonyl (C=O) groups excluding carboxylic acids is 1. The highest BCUT2D eigenvalue weighted by atomic mass is 16.3. The largest absolute Gasteiger partial charge is 0.358 e. The van der Waals surface area contributed by atoms with Crippen LogP contribution in [0.5, 0.6) is 0 Å². The van der Waals surface area contributed by atoms with Crippen molar-refractivity contribution in [3.05, 3.63) is 58.3 Å². The van der Waals surface area contributed by atoms with Gasteiger partial charge in [0.15, 0.2) is 12.1 Å². The number of aromatic amines is 1. The maximum absolute atomic E-state index is 11.7. The number of hydrogen-bond donors (Lipinski definition) is 2. The molecule has 2 aromatic heterocycles. The van der Waals surface area contributed by atoms with E-state index in [2.05, 4.69) is 17.1 Å². The summed E-state index contributed by atoms with van der Waals surface area (Å²) in [6.45, 7) is 4.09. The molecule has 3 aromatic rings. The molecule has 30 heavy (non-hydrogen) atoms. The van der Waals surface area contributed by atoms with Gasteiger partial charge in [0.05, 0.1) is 23.8 Å². The molecule has 0 spiro atoms. The molecule has 4 bridgehead atoms. The number of hydrogen-bond acceptors (Lipinski definition) is 7. The third-order valence-electron chi connectivity index (χ3n) is 5.60. The van der Waals surface area contributed by atoms with Gasteiger partial charge in [0.1, 0.15) is 5.52 Å². The summed E-state index contributed by atoms with van der Waals surface area (Å²) in [6.07, 6.45) is 6.07. The number of carbonyl (C=O) groups is 1. The lowest BCUT2D eigenvalue weighted by atomic mass is 9.99. The molecule has 3 heterocycles. The fourth-order valence-corrected chi connectivity index (χ4v) is 3.98. The molecule has 0 saturated heterocycles. The number of benzene rings is 1. The number of nitrogens with one attached hydrogen (secondary N) is 1. The van der Waals surface area contributed by atoms with E-state index < -0.39 is 0 Å². The van der Waals surface area contributed by atoms with Crippen LogP contribution in [0.2, 0.25) is 0 Å². The van der Waals surface area contributed by atoms with Crippen molar-refractivity contribution < 1.29 is 4.79 Å². The first kappa shape index (κ1) is 19.9. The summed E-state index contributed by atoms with van der Waals surface area (Å²) in [5, 5.41) is 4.56. The quantitative estimate of drug-likeness (QED) is 0.294. The number of anilines is 1. The second-order valence-corrected chi connectivity index (χ2v) is 7.66. The minimum absolute atomic E-state index is 0.0992. The molecule has 0 saturated carbocycles. The second kappa shape index (κ2) is 8.16. The van der Waals surface area contributed by atoms with Crippen LogP contribution in [0.4, 0.5) is 5.82 Å². The molecule has 0 aliphatic carbocycles. The fraction of sp³-hybridized carbons (Fsp3) is 0.318. The topological polar surface area (TPSA) is 117 Å². The summed E-state index contributed by atoms with van der Waals surface area (Å²) < 4.78 is 0. The number of H-pyrrole nitrogens is 1. The number of aryl methyl sites for hydroxylation is 1. The van der Waals surface area contributed by atoms with Crippen LogP contribution in [-0.4, -0.2) is 33.8 Å². The Kier molecular flexibility index (Phi) is 5.41. The van der Waals surface area contributed by atoms with Gasteiger partial charge in [-0.25, -0.2) is 15.8 Å². The van der Waals surface area contributed by atoms with Crippen molar-refractivity contribution in [3.63, 3.8) is 0 Å². The van der Waals surface area contributed by atoms with Crippen LogP contribution in [0, 0.1) is 11.8 Å². The number of aldehydes is 1. The van der Waals surface area contributed by atoms with E-state index in [0.717, 1.165) is 28.8 Å². The molecule has 4 rings (SSSR count). The molecular weight excluding hydrogens is 380 g/mol. The lowest BCUT2D eigenvalue weighted by Crippen LogP contribution is -2.42. The highest BCUT2D eigenvalue weighted by molar-refractivity contribution is 5.93. The number of nitroso groups, excluding NO2 is 1. The highest BCUT2D eigenvalue weighted by Gasteiger charge is 2.22. The Balaban J connectivity index is 1.97. The van der Waals surface area contributed by atoms with Gasteiger partial charge in [-0.05, 0) is 31.9 Å². The Morgan fingerprint density at radius 2 is 2.20 bits per heavy atom. The first-order chi connectivity index (χ1) is 14.5. The molecule has 0 amide bonds. The van der Waals surface area contributed by atoms with E-state index in [1.165, 1.54) is 0 Å². The zero-order valence-electron chi connectivity index (χ0n) is 17.0. The zero-order chi connectivity index (χ0) is 21.3. The van der Waals surface area contributed by atoms with Crippen molar-refractivity contribution >= 4 is 23.1 Å². The van der Waals surface area contributed by atoms with Crippen LogP contribution in [0.25, 0.3) is 22.3 Å². The van der Waals surface area contributed by atoms with Crippen molar-refractivity contribution in [2.24, 2.45) is 11.0 Å². The Morgan fingerprint density at radius 1 is 1.37 bits per heavy atom. The lowest BCUT2D eigenvalue weighted by Gasteiger charge is -2.27. The molecule has 1 aliphatic rings. The summed E-state index contributed by atoms with van der Waals surface area (Å²) in [7, 11) is 0. The SMILES string of the molecule is Cc1nc2cccc3c2nc1N(N)[C@@H](CCN=O)/C=C/C[C@@H](C)c1[nH]c-3cc1C=O. The predicted octanol–water partition coefficient (Wildman–Crippen LogP) is 4.01. The fourth-order valence-electron chi connectivity index (χ4n) is 3.98. The Labute approximate surface area is 174 Å². The van der Waals surface area contributed by atoms with Crippen molar-refractivity contribution in [2.45, 2.75) is 38.6 Å². The minimum Gasteiger partial charge on any atom is -0.358 e. The summed E-state index contributed by atoms with van der Waals surface area (Å²) in [5.41, 5.74) is 5.34. The van der Waals surface area contributed by atoms with E-state index in [4.69, 9.17) is 15.8 Å². The van der Waals surface area contributed by atoms with Crippen LogP contribution in [0.3, 0.4) is 0 Å². The molecule has 2 atom stereocenters. The molecule has 0 fully saturated rings. The molecule has 1 aliphatic heterocycles. The third-order valence-corrected chi connectivity index (χ3v) is 5.60. The highest BCUT2D eigenvalue weighted by Crippen LogP contribution is 2.33. The van der Waals surface area contributed by atoms with E-state index in [0.29, 0.717) is 35.4 Å². The Morgan fingerprint density at radius 3 is 2.97 bits per heavy atom. The first-order valence-electron chi connectivity index (χ1n) is 9.99. The van der Waals surface area contributed by atoms with Crippen molar-refractivity contribution in [1.82, 2.24) is 15.0 Å². The Bertz CT molecular complexity index is 1140. The number of allylic oxidation sites excluding steroid dienone is 1. The van der Waals surface area contributed by atoms with E-state index in [-0.39, 0.29) is 18.5 Å². The number of fused-ring (bicyclic) bond motifs is 4. The monoisotopic (exact) mass is 404 g/mol. The normalized spacial score (nSPS) is 19.8. The molecule has 0 unspecified atom stereocenters. The number of rotatable bonds is 4. The molecule has 0 radical (unpaired) electrons. The smallest absolute Gasteiger partial charge is 0.165 e. The maximum Gasteiger partial charge on any atom is 0.165 e. The maximum atomic E-state index is 11.7. The van der Waals surface area contributed by atoms with Gasteiger partial charge in [-0.3, -0.25) is 9.80 Å². The predicted molar refractivity (Wildman–Crippen MR) is 117 cm³/mol. The van der Waals surface area contributed by atoms with Crippen molar-refractivity contribution in [3.8, 4) is 11.3 Å². The van der Waals surface area contributed by atoms with Gasteiger partial charge in [-0.2, -0.15) is 4.91 Å². The number of para-hydroxylation sites is 1. The summed E-state index contributed by atoms with van der Waals surface area (Å²) >= 11 is 0. The van der Waals surface area contributed by atoms with Gasteiger partial charge in [-0.1, -0.05) is 36.4 Å². The van der Waals surface area contributed by atoms with Gasteiger partial charge in [0.2, 0.25) is 0 Å². The molecule has 154 valence electrons. The minimum atomic E-state index is -0.253. The van der Waals surface area contributed by atoms with Gasteiger partial charge >= 0.3 is 0 Å². The number of hydrazine groups is 1. The number of nitrogens with two attached hydrogens (primary N) is 1. The van der Waals surface area contributed by atoms with Crippen LogP contribution < -0.4 is 10.9 Å². The van der Waals surface area contributed by atoms with Crippen LogP contribution in [0.15, 0.2) is 41.6 Å². The summed E-state index contributed by atoms with van der Waals surface area (Å²) in [4.78, 5) is 35.4. The average Bonchev–Trinajstić information content (AvgIpc) is 3.18. The molecule has 8 nitrogen and oxygen atoms in total. The van der Waals surface area contributed by atoms with Gasteiger partial charge in [-0.15, -0.1) is 0 Å². The summed E-state index contributed by atoms with van der Waals surface area (Å²) in [5.74, 6) is 7.11. The van der Waals surface area contributed by atoms with E-state index in [9.17, 15) is 9.70 Å². The number of aromatic nitrogens is 3.